The minimum atomic E-state index is -0.405. The third-order valence-corrected chi connectivity index (χ3v) is 2.68. The molecule has 0 saturated heterocycles. The molecule has 0 aromatic heterocycles. The van der Waals surface area contributed by atoms with Gasteiger partial charge in [-0.1, -0.05) is 25.7 Å². The van der Waals surface area contributed by atoms with E-state index in [1.807, 2.05) is 27.0 Å². The molecule has 3 heteroatoms. The molecule has 0 heterocycles. The van der Waals surface area contributed by atoms with Crippen LogP contribution in [0.5, 0.6) is 0 Å². The highest BCUT2D eigenvalue weighted by molar-refractivity contribution is 5.74. The topological polar surface area (TPSA) is 38.7 Å². The Morgan fingerprint density at radius 3 is 2.56 bits per heavy atom. The van der Waals surface area contributed by atoms with Crippen molar-refractivity contribution < 1.29 is 9.53 Å². The molecule has 0 unspecified atom stereocenters. The van der Waals surface area contributed by atoms with Crippen LogP contribution in [-0.4, -0.2) is 24.3 Å². The second-order valence-corrected chi connectivity index (χ2v) is 5.50. The largest absolute Gasteiger partial charge is 0.459 e. The average molecular weight is 225 g/mol. The molecule has 1 aliphatic carbocycles. The van der Waals surface area contributed by atoms with Crippen molar-refractivity contribution in [3.05, 3.63) is 0 Å². The third-order valence-electron chi connectivity index (χ3n) is 2.68. The van der Waals surface area contributed by atoms with Crippen LogP contribution >= 0.6 is 0 Å². The van der Waals surface area contributed by atoms with Gasteiger partial charge in [-0.05, 0) is 39.3 Å². The Labute approximate surface area is 98.3 Å². The van der Waals surface area contributed by atoms with Gasteiger partial charge in [-0.25, -0.2) is 0 Å². The summed E-state index contributed by atoms with van der Waals surface area (Å²) in [4.78, 5) is 15.4. The van der Waals surface area contributed by atoms with E-state index in [2.05, 4.69) is 4.99 Å². The summed E-state index contributed by atoms with van der Waals surface area (Å²) in [6, 6.07) is 0. The van der Waals surface area contributed by atoms with Crippen molar-refractivity contribution in [1.29, 1.82) is 0 Å². The molecule has 1 aliphatic rings. The van der Waals surface area contributed by atoms with E-state index in [0.29, 0.717) is 0 Å². The van der Waals surface area contributed by atoms with Gasteiger partial charge in [-0.15, -0.1) is 0 Å². The Kier molecular flexibility index (Phi) is 4.97. The summed E-state index contributed by atoms with van der Waals surface area (Å²) in [5.41, 5.74) is -0.405. The van der Waals surface area contributed by atoms with Crippen LogP contribution in [0, 0.1) is 5.92 Å². The van der Waals surface area contributed by atoms with Crippen molar-refractivity contribution >= 4 is 12.2 Å². The second-order valence-electron chi connectivity index (χ2n) is 5.50. The number of carbonyl (C=O) groups excluding carboxylic acids is 1. The Hall–Kier alpha value is -0.860. The zero-order chi connectivity index (χ0) is 12.0. The van der Waals surface area contributed by atoms with Crippen molar-refractivity contribution in [2.75, 3.05) is 6.54 Å². The minimum absolute atomic E-state index is 0.157. The zero-order valence-electron chi connectivity index (χ0n) is 10.7. The fourth-order valence-electron chi connectivity index (χ4n) is 1.98. The van der Waals surface area contributed by atoms with E-state index in [4.69, 9.17) is 4.74 Å². The van der Waals surface area contributed by atoms with E-state index in [1.165, 1.54) is 25.7 Å². The highest BCUT2D eigenvalue weighted by Crippen LogP contribution is 2.26. The Bertz CT molecular complexity index is 247. The summed E-state index contributed by atoms with van der Waals surface area (Å²) in [5.74, 6) is 0.553. The predicted octanol–water partition coefficient (Wildman–Crippen LogP) is 2.98. The molecule has 0 atom stereocenters. The lowest BCUT2D eigenvalue weighted by molar-refractivity contribution is -0.152. The number of carbonyl (C=O) groups is 1. The second kappa shape index (κ2) is 6.02. The van der Waals surface area contributed by atoms with E-state index < -0.39 is 5.60 Å². The van der Waals surface area contributed by atoms with Crippen LogP contribution in [0.15, 0.2) is 4.99 Å². The lowest BCUT2D eigenvalue weighted by Crippen LogP contribution is -2.25. The van der Waals surface area contributed by atoms with Gasteiger partial charge in [0, 0.05) is 0 Å². The van der Waals surface area contributed by atoms with Gasteiger partial charge in [0.25, 0.3) is 0 Å². The molecule has 1 fully saturated rings. The third kappa shape index (κ3) is 5.89. The molecule has 0 aliphatic heterocycles. The van der Waals surface area contributed by atoms with Crippen molar-refractivity contribution in [1.82, 2.24) is 0 Å². The highest BCUT2D eigenvalue weighted by Gasteiger charge is 2.15. The van der Waals surface area contributed by atoms with Gasteiger partial charge < -0.3 is 4.74 Å². The maximum Gasteiger partial charge on any atom is 0.328 e. The first-order valence-electron chi connectivity index (χ1n) is 6.17. The molecule has 0 spiro atoms. The predicted molar refractivity (Wildman–Crippen MR) is 65.8 cm³/mol. The van der Waals surface area contributed by atoms with E-state index in [-0.39, 0.29) is 12.5 Å². The van der Waals surface area contributed by atoms with Crippen LogP contribution in [0.3, 0.4) is 0 Å². The normalized spacial score (nSPS) is 18.2. The first-order chi connectivity index (χ1) is 7.47. The first kappa shape index (κ1) is 13.2. The van der Waals surface area contributed by atoms with Gasteiger partial charge in [-0.3, -0.25) is 9.79 Å². The first-order valence-corrected chi connectivity index (χ1v) is 6.17. The fourth-order valence-corrected chi connectivity index (χ4v) is 1.98. The van der Waals surface area contributed by atoms with Crippen LogP contribution in [0.2, 0.25) is 0 Å². The lowest BCUT2D eigenvalue weighted by atomic mass is 10.1. The summed E-state index contributed by atoms with van der Waals surface area (Å²) >= 11 is 0. The number of hydrogen-bond donors (Lipinski definition) is 0. The van der Waals surface area contributed by atoms with Crippen LogP contribution in [-0.2, 0) is 9.53 Å². The molecular weight excluding hydrogens is 202 g/mol. The Balaban J connectivity index is 2.13. The zero-order valence-corrected chi connectivity index (χ0v) is 10.7. The average Bonchev–Trinajstić information content (AvgIpc) is 2.62. The Morgan fingerprint density at radius 2 is 2.00 bits per heavy atom. The number of hydrogen-bond acceptors (Lipinski definition) is 3. The number of ether oxygens (including phenoxy) is 1. The van der Waals surface area contributed by atoms with Gasteiger partial charge in [0.15, 0.2) is 0 Å². The fraction of sp³-hybridized carbons (Fsp3) is 0.846. The smallest absolute Gasteiger partial charge is 0.328 e. The number of nitrogens with zero attached hydrogens (tertiary/aromatic N) is 1. The molecular formula is C13H23NO2. The molecule has 0 amide bonds. The summed E-state index contributed by atoms with van der Waals surface area (Å²) in [5, 5.41) is 0. The Morgan fingerprint density at radius 1 is 1.38 bits per heavy atom. The van der Waals surface area contributed by atoms with E-state index in [1.54, 1.807) is 0 Å². The lowest BCUT2D eigenvalue weighted by Gasteiger charge is -2.18. The monoisotopic (exact) mass is 225 g/mol. The van der Waals surface area contributed by atoms with Crippen LogP contribution in [0.25, 0.3) is 0 Å². The number of rotatable bonds is 4. The summed E-state index contributed by atoms with van der Waals surface area (Å²) in [7, 11) is 0. The standard InChI is InChI=1S/C13H23NO2/c1-13(2,3)16-12(15)10-14-9-8-11-6-4-5-7-11/h9,11H,4-8,10H2,1-3H3. The maximum absolute atomic E-state index is 11.3. The van der Waals surface area contributed by atoms with Gasteiger partial charge in [0.05, 0.1) is 0 Å². The van der Waals surface area contributed by atoms with Crippen molar-refractivity contribution in [3.63, 3.8) is 0 Å². The molecule has 92 valence electrons. The van der Waals surface area contributed by atoms with E-state index in [0.717, 1.165) is 12.3 Å². The van der Waals surface area contributed by atoms with Crippen molar-refractivity contribution in [2.24, 2.45) is 10.9 Å². The molecule has 16 heavy (non-hydrogen) atoms. The van der Waals surface area contributed by atoms with Gasteiger partial charge in [0.2, 0.25) is 0 Å². The van der Waals surface area contributed by atoms with E-state index >= 15 is 0 Å². The molecule has 0 N–H and O–H groups in total. The summed E-state index contributed by atoms with van der Waals surface area (Å²) in [6.07, 6.45) is 8.24. The minimum Gasteiger partial charge on any atom is -0.459 e. The van der Waals surface area contributed by atoms with Crippen molar-refractivity contribution in [3.8, 4) is 0 Å². The molecule has 0 aromatic rings. The van der Waals surface area contributed by atoms with Gasteiger partial charge in [-0.2, -0.15) is 0 Å². The molecule has 0 bridgehead atoms. The molecule has 1 saturated carbocycles. The van der Waals surface area contributed by atoms with Gasteiger partial charge >= 0.3 is 5.97 Å². The molecule has 0 aromatic carbocycles. The maximum atomic E-state index is 11.3. The molecule has 1 rings (SSSR count). The molecule has 0 radical (unpaired) electrons. The van der Waals surface area contributed by atoms with E-state index in [9.17, 15) is 4.79 Å². The number of esters is 1. The molecule has 3 nitrogen and oxygen atoms in total. The number of aliphatic imine (C=N–C) groups is 1. The van der Waals surface area contributed by atoms with Crippen LogP contribution in [0.4, 0.5) is 0 Å². The van der Waals surface area contributed by atoms with Gasteiger partial charge in [0.1, 0.15) is 12.1 Å². The summed E-state index contributed by atoms with van der Waals surface area (Å²) in [6.45, 7) is 5.76. The van der Waals surface area contributed by atoms with Crippen LogP contribution < -0.4 is 0 Å². The summed E-state index contributed by atoms with van der Waals surface area (Å²) < 4.78 is 5.16. The quantitative estimate of drug-likeness (QED) is 0.545. The van der Waals surface area contributed by atoms with Crippen LogP contribution in [0.1, 0.15) is 52.9 Å². The van der Waals surface area contributed by atoms with Crippen molar-refractivity contribution in [2.45, 2.75) is 58.5 Å². The highest BCUT2D eigenvalue weighted by atomic mass is 16.6. The SMILES string of the molecule is CC(C)(C)OC(=O)CN=CCC1CCCC1.